The van der Waals surface area contributed by atoms with Crippen molar-refractivity contribution in [1.82, 2.24) is 0 Å². The predicted molar refractivity (Wildman–Crippen MR) is 65.6 cm³/mol. The fourth-order valence-electron chi connectivity index (χ4n) is 1.27. The second-order valence-electron chi connectivity index (χ2n) is 3.36. The first-order chi connectivity index (χ1) is 8.54. The summed E-state index contributed by atoms with van der Waals surface area (Å²) in [5.41, 5.74) is -0.114. The fourth-order valence-corrected chi connectivity index (χ4v) is 2.34. The third-order valence-corrected chi connectivity index (χ3v) is 3.44. The number of carbonyl (C=O) groups excluding carboxylic acids is 1. The summed E-state index contributed by atoms with van der Waals surface area (Å²) in [4.78, 5) is 21.4. The van der Waals surface area contributed by atoms with Crippen molar-refractivity contribution in [2.24, 2.45) is 0 Å². The standard InChI is InChI=1S/C11H13NO5S/c1-2-17-11(13)6-7-18(16)10-5-3-4-9(8-10)12(14)15/h3-5,8H,2,6-7H2,1H3. The Labute approximate surface area is 107 Å². The van der Waals surface area contributed by atoms with Crippen molar-refractivity contribution in [3.05, 3.63) is 34.4 Å². The van der Waals surface area contributed by atoms with Gasteiger partial charge in [0.1, 0.15) is 0 Å². The van der Waals surface area contributed by atoms with Crippen LogP contribution in [-0.2, 0) is 20.3 Å². The van der Waals surface area contributed by atoms with Crippen LogP contribution in [0.4, 0.5) is 5.69 Å². The Morgan fingerprint density at radius 2 is 2.22 bits per heavy atom. The number of benzene rings is 1. The third kappa shape index (κ3) is 4.25. The normalized spacial score (nSPS) is 11.8. The van der Waals surface area contributed by atoms with E-state index in [1.165, 1.54) is 24.3 Å². The van der Waals surface area contributed by atoms with Gasteiger partial charge in [-0.2, -0.15) is 0 Å². The molecule has 0 saturated carbocycles. The number of esters is 1. The second kappa shape index (κ2) is 6.85. The minimum Gasteiger partial charge on any atom is -0.466 e. The minimum absolute atomic E-state index is 0.0309. The molecule has 0 aliphatic heterocycles. The Hall–Kier alpha value is -1.76. The highest BCUT2D eigenvalue weighted by Gasteiger charge is 2.12. The molecule has 0 aromatic heterocycles. The Balaban J connectivity index is 2.64. The second-order valence-corrected chi connectivity index (χ2v) is 4.93. The summed E-state index contributed by atoms with van der Waals surface area (Å²) < 4.78 is 16.5. The monoisotopic (exact) mass is 271 g/mol. The Bertz CT molecular complexity index is 474. The molecule has 0 heterocycles. The zero-order valence-electron chi connectivity index (χ0n) is 9.83. The minimum atomic E-state index is -1.44. The maximum atomic E-state index is 11.8. The molecule has 0 spiro atoms. The molecule has 0 aliphatic rings. The molecule has 7 heteroatoms. The average molecular weight is 271 g/mol. The molecule has 0 N–H and O–H groups in total. The highest BCUT2D eigenvalue weighted by molar-refractivity contribution is 7.85. The van der Waals surface area contributed by atoms with Crippen LogP contribution in [0, 0.1) is 10.1 Å². The molecular weight excluding hydrogens is 258 g/mol. The van der Waals surface area contributed by atoms with Gasteiger partial charge in [0, 0.05) is 22.8 Å². The summed E-state index contributed by atoms with van der Waals surface area (Å²) in [5.74, 6) is -0.323. The van der Waals surface area contributed by atoms with Crippen LogP contribution in [0.25, 0.3) is 0 Å². The topological polar surface area (TPSA) is 86.5 Å². The number of nitro benzene ring substituents is 1. The Morgan fingerprint density at radius 3 is 2.83 bits per heavy atom. The van der Waals surface area contributed by atoms with E-state index in [-0.39, 0.29) is 24.5 Å². The highest BCUT2D eigenvalue weighted by Crippen LogP contribution is 2.16. The zero-order valence-corrected chi connectivity index (χ0v) is 10.6. The smallest absolute Gasteiger partial charge is 0.306 e. The van der Waals surface area contributed by atoms with E-state index < -0.39 is 21.7 Å². The average Bonchev–Trinajstić information content (AvgIpc) is 2.36. The van der Waals surface area contributed by atoms with Gasteiger partial charge in [0.05, 0.1) is 28.8 Å². The summed E-state index contributed by atoms with van der Waals surface area (Å²) in [7, 11) is -1.44. The van der Waals surface area contributed by atoms with Crippen molar-refractivity contribution >= 4 is 22.5 Å². The van der Waals surface area contributed by atoms with Gasteiger partial charge in [-0.25, -0.2) is 0 Å². The molecule has 1 aromatic rings. The predicted octanol–water partition coefficient (Wildman–Crippen LogP) is 1.66. The Kier molecular flexibility index (Phi) is 5.44. The largest absolute Gasteiger partial charge is 0.466 e. The molecule has 0 fully saturated rings. The molecule has 98 valence electrons. The lowest BCUT2D eigenvalue weighted by Gasteiger charge is -2.02. The first-order valence-electron chi connectivity index (χ1n) is 5.33. The van der Waals surface area contributed by atoms with Crippen molar-refractivity contribution in [2.75, 3.05) is 12.4 Å². The lowest BCUT2D eigenvalue weighted by Crippen LogP contribution is -2.09. The Morgan fingerprint density at radius 1 is 1.50 bits per heavy atom. The van der Waals surface area contributed by atoms with Crippen LogP contribution in [-0.4, -0.2) is 27.5 Å². The van der Waals surface area contributed by atoms with Crippen molar-refractivity contribution in [1.29, 1.82) is 0 Å². The first kappa shape index (κ1) is 14.3. The van der Waals surface area contributed by atoms with Gasteiger partial charge in [0.25, 0.3) is 5.69 Å². The quantitative estimate of drug-likeness (QED) is 0.446. The number of carbonyl (C=O) groups is 1. The van der Waals surface area contributed by atoms with Gasteiger partial charge < -0.3 is 4.74 Å². The van der Waals surface area contributed by atoms with E-state index >= 15 is 0 Å². The first-order valence-corrected chi connectivity index (χ1v) is 6.65. The molecular formula is C11H13NO5S. The molecule has 1 unspecified atom stereocenters. The summed E-state index contributed by atoms with van der Waals surface area (Å²) in [6.07, 6.45) is 0.0309. The molecule has 18 heavy (non-hydrogen) atoms. The van der Waals surface area contributed by atoms with Crippen LogP contribution in [0.5, 0.6) is 0 Å². The van der Waals surface area contributed by atoms with Crippen molar-refractivity contribution in [3.8, 4) is 0 Å². The van der Waals surface area contributed by atoms with Crippen LogP contribution in [0.1, 0.15) is 13.3 Å². The zero-order chi connectivity index (χ0) is 13.5. The number of hydrogen-bond donors (Lipinski definition) is 0. The van der Waals surface area contributed by atoms with Crippen LogP contribution in [0.2, 0.25) is 0 Å². The van der Waals surface area contributed by atoms with Gasteiger partial charge in [0.2, 0.25) is 0 Å². The molecule has 6 nitrogen and oxygen atoms in total. The van der Waals surface area contributed by atoms with Gasteiger partial charge in [-0.3, -0.25) is 19.1 Å². The molecule has 1 rings (SSSR count). The van der Waals surface area contributed by atoms with Crippen LogP contribution < -0.4 is 0 Å². The summed E-state index contributed by atoms with van der Waals surface area (Å²) >= 11 is 0. The van der Waals surface area contributed by atoms with E-state index in [0.29, 0.717) is 4.90 Å². The molecule has 0 radical (unpaired) electrons. The van der Waals surface area contributed by atoms with Crippen LogP contribution in [0.3, 0.4) is 0 Å². The molecule has 1 atom stereocenters. The number of rotatable bonds is 6. The van der Waals surface area contributed by atoms with Gasteiger partial charge in [0.15, 0.2) is 0 Å². The highest BCUT2D eigenvalue weighted by atomic mass is 32.2. The van der Waals surface area contributed by atoms with E-state index in [4.69, 9.17) is 4.74 Å². The van der Waals surface area contributed by atoms with Gasteiger partial charge in [-0.05, 0) is 13.0 Å². The van der Waals surface area contributed by atoms with E-state index in [1.807, 2.05) is 0 Å². The molecule has 0 amide bonds. The number of nitro groups is 1. The molecule has 0 aliphatic carbocycles. The maximum absolute atomic E-state index is 11.8. The van der Waals surface area contributed by atoms with Crippen molar-refractivity contribution in [3.63, 3.8) is 0 Å². The van der Waals surface area contributed by atoms with Gasteiger partial charge in [-0.15, -0.1) is 0 Å². The van der Waals surface area contributed by atoms with Crippen molar-refractivity contribution < 1.29 is 18.7 Å². The summed E-state index contributed by atoms with van der Waals surface area (Å²) in [6.45, 7) is 1.97. The number of non-ortho nitro benzene ring substituents is 1. The summed E-state index contributed by atoms with van der Waals surface area (Å²) in [6, 6.07) is 5.58. The van der Waals surface area contributed by atoms with Gasteiger partial charge in [-0.1, -0.05) is 6.07 Å². The molecule has 0 saturated heterocycles. The lowest BCUT2D eigenvalue weighted by molar-refractivity contribution is -0.385. The van der Waals surface area contributed by atoms with Crippen molar-refractivity contribution in [2.45, 2.75) is 18.2 Å². The third-order valence-electron chi connectivity index (χ3n) is 2.09. The van der Waals surface area contributed by atoms with E-state index in [1.54, 1.807) is 6.92 Å². The van der Waals surface area contributed by atoms with E-state index in [2.05, 4.69) is 0 Å². The molecule has 1 aromatic carbocycles. The van der Waals surface area contributed by atoms with Crippen LogP contribution in [0.15, 0.2) is 29.2 Å². The van der Waals surface area contributed by atoms with Crippen LogP contribution >= 0.6 is 0 Å². The van der Waals surface area contributed by atoms with E-state index in [9.17, 15) is 19.1 Å². The maximum Gasteiger partial charge on any atom is 0.306 e. The number of hydrogen-bond acceptors (Lipinski definition) is 5. The molecule has 0 bridgehead atoms. The lowest BCUT2D eigenvalue weighted by atomic mass is 10.3. The fraction of sp³-hybridized carbons (Fsp3) is 0.364. The number of nitrogens with zero attached hydrogens (tertiary/aromatic N) is 1. The SMILES string of the molecule is CCOC(=O)CCS(=O)c1cccc([N+](=O)[O-])c1. The van der Waals surface area contributed by atoms with E-state index in [0.717, 1.165) is 0 Å². The summed E-state index contributed by atoms with van der Waals surface area (Å²) in [5, 5.41) is 10.6. The number of ether oxygens (including phenoxy) is 1. The van der Waals surface area contributed by atoms with Gasteiger partial charge >= 0.3 is 5.97 Å².